The lowest BCUT2D eigenvalue weighted by molar-refractivity contribution is 0.101. The summed E-state index contributed by atoms with van der Waals surface area (Å²) in [6.07, 6.45) is 3.67. The van der Waals surface area contributed by atoms with Crippen LogP contribution in [0.2, 0.25) is 0 Å². The Morgan fingerprint density at radius 1 is 1.03 bits per heavy atom. The molecule has 1 aliphatic heterocycles. The Labute approximate surface area is 195 Å². The summed E-state index contributed by atoms with van der Waals surface area (Å²) in [6, 6.07) is 14.9. The van der Waals surface area contributed by atoms with Crippen molar-refractivity contribution in [2.75, 3.05) is 28.6 Å². The molecule has 0 spiro atoms. The van der Waals surface area contributed by atoms with E-state index < -0.39 is 0 Å². The average Bonchev–Trinajstić information content (AvgIpc) is 3.53. The summed E-state index contributed by atoms with van der Waals surface area (Å²) in [5.41, 5.74) is 2.65. The molecule has 9 heteroatoms. The van der Waals surface area contributed by atoms with Crippen molar-refractivity contribution in [3.63, 3.8) is 0 Å². The number of carbonyl (C=O) groups is 1. The van der Waals surface area contributed by atoms with E-state index in [2.05, 4.69) is 25.7 Å². The van der Waals surface area contributed by atoms with Crippen molar-refractivity contribution in [3.05, 3.63) is 65.3 Å². The first kappa shape index (κ1) is 21.1. The highest BCUT2D eigenvalue weighted by atomic mass is 32.1. The van der Waals surface area contributed by atoms with Gasteiger partial charge >= 0.3 is 0 Å². The van der Waals surface area contributed by atoms with Gasteiger partial charge in [0.1, 0.15) is 5.82 Å². The van der Waals surface area contributed by atoms with E-state index >= 15 is 0 Å². The van der Waals surface area contributed by atoms with E-state index in [0.29, 0.717) is 17.4 Å². The van der Waals surface area contributed by atoms with Gasteiger partial charge in [-0.1, -0.05) is 11.2 Å². The van der Waals surface area contributed by atoms with Crippen LogP contribution in [0.5, 0.6) is 0 Å². The second-order valence-electron chi connectivity index (χ2n) is 7.95. The molecule has 0 aliphatic carbocycles. The number of carbonyl (C=O) groups excluding carboxylic acids is 1. The molecule has 0 atom stereocenters. The normalized spacial score (nSPS) is 13.7. The fraction of sp³-hybridized carbons (Fsp3) is 0.250. The van der Waals surface area contributed by atoms with Crippen LogP contribution in [0, 0.1) is 6.92 Å². The van der Waals surface area contributed by atoms with Gasteiger partial charge in [-0.2, -0.15) is 4.98 Å². The number of hydrogen-bond acceptors (Lipinski definition) is 8. The molecule has 8 nitrogen and oxygen atoms in total. The minimum absolute atomic E-state index is 0.235. The number of rotatable bonds is 6. The second kappa shape index (κ2) is 9.41. The molecule has 0 bridgehead atoms. The summed E-state index contributed by atoms with van der Waals surface area (Å²) in [5, 5.41) is 11.9. The molecule has 4 heterocycles. The summed E-state index contributed by atoms with van der Waals surface area (Å²) < 4.78 is 5.29. The Morgan fingerprint density at radius 3 is 2.58 bits per heavy atom. The first-order valence-electron chi connectivity index (χ1n) is 10.9. The fourth-order valence-corrected chi connectivity index (χ4v) is 4.44. The predicted octanol–water partition coefficient (Wildman–Crippen LogP) is 5.49. The summed E-state index contributed by atoms with van der Waals surface area (Å²) in [4.78, 5) is 25.0. The van der Waals surface area contributed by atoms with Crippen LogP contribution in [-0.4, -0.2) is 34.1 Å². The highest BCUT2D eigenvalue weighted by molar-refractivity contribution is 7.13. The largest absolute Gasteiger partial charge is 0.356 e. The molecule has 2 N–H and O–H groups in total. The lowest BCUT2D eigenvalue weighted by atomic mass is 10.1. The predicted molar refractivity (Wildman–Crippen MR) is 130 cm³/mol. The molecule has 1 fully saturated rings. The molecule has 1 aliphatic rings. The monoisotopic (exact) mass is 460 g/mol. The Morgan fingerprint density at radius 2 is 1.82 bits per heavy atom. The molecule has 3 aromatic heterocycles. The van der Waals surface area contributed by atoms with Crippen molar-refractivity contribution in [2.45, 2.75) is 26.2 Å². The zero-order chi connectivity index (χ0) is 22.6. The maximum atomic E-state index is 12.5. The van der Waals surface area contributed by atoms with Gasteiger partial charge in [-0.05, 0) is 61.9 Å². The molecule has 4 aromatic rings. The van der Waals surface area contributed by atoms with Crippen LogP contribution in [-0.2, 0) is 0 Å². The van der Waals surface area contributed by atoms with Crippen molar-refractivity contribution < 1.29 is 9.32 Å². The summed E-state index contributed by atoms with van der Waals surface area (Å²) >= 11 is 1.53. The lowest BCUT2D eigenvalue weighted by Gasteiger charge is -2.28. The molecule has 33 heavy (non-hydrogen) atoms. The third-order valence-corrected chi connectivity index (χ3v) is 6.31. The maximum absolute atomic E-state index is 12.5. The molecule has 5 rings (SSSR count). The summed E-state index contributed by atoms with van der Waals surface area (Å²) in [6.45, 7) is 4.04. The van der Waals surface area contributed by atoms with Gasteiger partial charge in [-0.15, -0.1) is 11.3 Å². The second-order valence-corrected chi connectivity index (χ2v) is 8.90. The third kappa shape index (κ3) is 5.04. The van der Waals surface area contributed by atoms with Crippen molar-refractivity contribution in [3.8, 4) is 10.6 Å². The molecule has 1 amide bonds. The molecule has 168 valence electrons. The number of aryl methyl sites for hydroxylation is 1. The fourth-order valence-electron chi connectivity index (χ4n) is 3.77. The Bertz CT molecular complexity index is 1230. The van der Waals surface area contributed by atoms with Crippen LogP contribution >= 0.6 is 11.3 Å². The molecular weight excluding hydrogens is 436 g/mol. The van der Waals surface area contributed by atoms with Gasteiger partial charge in [0, 0.05) is 42.3 Å². The van der Waals surface area contributed by atoms with Crippen LogP contribution in [0.1, 0.15) is 35.4 Å². The van der Waals surface area contributed by atoms with Gasteiger partial charge in [0.05, 0.1) is 4.88 Å². The minimum atomic E-state index is -0.324. The van der Waals surface area contributed by atoms with Gasteiger partial charge in [0.2, 0.25) is 5.95 Å². The van der Waals surface area contributed by atoms with E-state index in [1.54, 1.807) is 6.07 Å². The highest BCUT2D eigenvalue weighted by Gasteiger charge is 2.16. The van der Waals surface area contributed by atoms with Gasteiger partial charge in [0.25, 0.3) is 5.91 Å². The molecular formula is C24H24N6O2S. The molecule has 0 unspecified atom stereocenters. The van der Waals surface area contributed by atoms with Crippen LogP contribution in [0.25, 0.3) is 10.6 Å². The number of amides is 1. The molecule has 1 saturated heterocycles. The number of nitrogens with zero attached hydrogens (tertiary/aromatic N) is 4. The molecule has 0 saturated carbocycles. The van der Waals surface area contributed by atoms with E-state index in [4.69, 9.17) is 9.51 Å². The van der Waals surface area contributed by atoms with Gasteiger partial charge < -0.3 is 20.1 Å². The van der Waals surface area contributed by atoms with E-state index in [0.717, 1.165) is 35.2 Å². The first-order chi connectivity index (χ1) is 16.1. The Balaban J connectivity index is 1.24. The average molecular weight is 461 g/mol. The standard InChI is InChI=1S/C24H24N6O2S/c1-16-14-22(30-11-3-2-4-12-30)28-24(25-16)27-18-9-7-17(8-10-18)26-23(31)19-15-20(32-29-19)21-6-5-13-33-21/h5-10,13-15H,2-4,11-12H2,1H3,(H,26,31)(H,25,27,28). The van der Waals surface area contributed by atoms with E-state index in [-0.39, 0.29) is 11.6 Å². The minimum Gasteiger partial charge on any atom is -0.356 e. The van der Waals surface area contributed by atoms with Crippen LogP contribution in [0.3, 0.4) is 0 Å². The van der Waals surface area contributed by atoms with Gasteiger partial charge in [-0.3, -0.25) is 4.79 Å². The lowest BCUT2D eigenvalue weighted by Crippen LogP contribution is -2.30. The number of benzene rings is 1. The third-order valence-electron chi connectivity index (χ3n) is 5.43. The van der Waals surface area contributed by atoms with Crippen molar-refractivity contribution in [2.24, 2.45) is 0 Å². The zero-order valence-corrected chi connectivity index (χ0v) is 19.1. The Hall–Kier alpha value is -3.72. The van der Waals surface area contributed by atoms with Crippen molar-refractivity contribution in [1.82, 2.24) is 15.1 Å². The SMILES string of the molecule is Cc1cc(N2CCCCC2)nc(Nc2ccc(NC(=O)c3cc(-c4cccs4)on3)cc2)n1. The number of hydrogen-bond donors (Lipinski definition) is 2. The van der Waals surface area contributed by atoms with Crippen LogP contribution < -0.4 is 15.5 Å². The van der Waals surface area contributed by atoms with Crippen molar-refractivity contribution >= 4 is 40.4 Å². The van der Waals surface area contributed by atoms with Crippen LogP contribution in [0.15, 0.2) is 58.4 Å². The number of anilines is 4. The maximum Gasteiger partial charge on any atom is 0.277 e. The highest BCUT2D eigenvalue weighted by Crippen LogP contribution is 2.26. The summed E-state index contributed by atoms with van der Waals surface area (Å²) in [7, 11) is 0. The van der Waals surface area contributed by atoms with Gasteiger partial charge in [-0.25, -0.2) is 4.98 Å². The van der Waals surface area contributed by atoms with Crippen molar-refractivity contribution in [1.29, 1.82) is 0 Å². The van der Waals surface area contributed by atoms with Gasteiger partial charge in [0.15, 0.2) is 11.5 Å². The number of piperidine rings is 1. The smallest absolute Gasteiger partial charge is 0.277 e. The number of aromatic nitrogens is 3. The topological polar surface area (TPSA) is 96.2 Å². The molecule has 1 aromatic carbocycles. The first-order valence-corrected chi connectivity index (χ1v) is 11.8. The van der Waals surface area contributed by atoms with Crippen LogP contribution in [0.4, 0.5) is 23.1 Å². The van der Waals surface area contributed by atoms with E-state index in [9.17, 15) is 4.79 Å². The molecule has 0 radical (unpaired) electrons. The number of thiophene rings is 1. The Kier molecular flexibility index (Phi) is 6.03. The van der Waals surface area contributed by atoms with E-state index in [1.807, 2.05) is 54.8 Å². The van der Waals surface area contributed by atoms with E-state index in [1.165, 1.54) is 30.6 Å². The summed E-state index contributed by atoms with van der Waals surface area (Å²) in [5.74, 6) is 1.78. The quantitative estimate of drug-likeness (QED) is 0.393. The number of nitrogens with one attached hydrogen (secondary N) is 2. The zero-order valence-electron chi connectivity index (χ0n) is 18.2.